The number of rotatable bonds is 8. The van der Waals surface area contributed by atoms with Crippen LogP contribution in [0.15, 0.2) is 18.2 Å². The maximum absolute atomic E-state index is 11.4. The largest absolute Gasteiger partial charge is 0.496 e. The van der Waals surface area contributed by atoms with E-state index in [9.17, 15) is 4.79 Å². The molecule has 5 heteroatoms. The molecule has 1 rings (SSSR count). The Hall–Kier alpha value is -2.06. The van der Waals surface area contributed by atoms with Gasteiger partial charge in [-0.15, -0.1) is 0 Å². The van der Waals surface area contributed by atoms with Gasteiger partial charge in [-0.2, -0.15) is 5.26 Å². The van der Waals surface area contributed by atoms with Crippen molar-refractivity contribution in [1.82, 2.24) is 10.6 Å². The Morgan fingerprint density at radius 1 is 1.40 bits per heavy atom. The second-order valence-electron chi connectivity index (χ2n) is 4.42. The van der Waals surface area contributed by atoms with E-state index in [0.717, 1.165) is 24.3 Å². The molecule has 0 saturated heterocycles. The number of hydrogen-bond acceptors (Lipinski definition) is 4. The van der Waals surface area contributed by atoms with Gasteiger partial charge in [0, 0.05) is 31.6 Å². The molecular weight excluding hydrogens is 254 g/mol. The summed E-state index contributed by atoms with van der Waals surface area (Å²) in [4.78, 5) is 11.4. The second kappa shape index (κ2) is 8.94. The molecule has 0 aliphatic heterocycles. The van der Waals surface area contributed by atoms with Crippen molar-refractivity contribution in [3.63, 3.8) is 0 Å². The molecule has 0 bridgehead atoms. The fourth-order valence-corrected chi connectivity index (χ4v) is 1.76. The van der Waals surface area contributed by atoms with E-state index < -0.39 is 0 Å². The zero-order valence-corrected chi connectivity index (χ0v) is 12.0. The highest BCUT2D eigenvalue weighted by atomic mass is 16.5. The molecule has 0 heterocycles. The summed E-state index contributed by atoms with van der Waals surface area (Å²) < 4.78 is 5.25. The van der Waals surface area contributed by atoms with Crippen LogP contribution in [0.3, 0.4) is 0 Å². The molecule has 1 aromatic rings. The first-order valence-electron chi connectivity index (χ1n) is 6.75. The van der Waals surface area contributed by atoms with Crippen LogP contribution in [-0.4, -0.2) is 26.1 Å². The zero-order valence-electron chi connectivity index (χ0n) is 12.0. The highest BCUT2D eigenvalue weighted by Gasteiger charge is 2.05. The lowest BCUT2D eigenvalue weighted by Gasteiger charge is -2.10. The minimum Gasteiger partial charge on any atom is -0.496 e. The van der Waals surface area contributed by atoms with Gasteiger partial charge in [0.05, 0.1) is 18.7 Å². The normalized spacial score (nSPS) is 9.85. The number of carbonyl (C=O) groups excluding carboxylic acids is 1. The third kappa shape index (κ3) is 5.29. The summed E-state index contributed by atoms with van der Waals surface area (Å²) in [5.41, 5.74) is 1.52. The van der Waals surface area contributed by atoms with Crippen LogP contribution >= 0.6 is 0 Å². The molecule has 20 heavy (non-hydrogen) atoms. The fourth-order valence-electron chi connectivity index (χ4n) is 1.76. The molecule has 0 fully saturated rings. The van der Waals surface area contributed by atoms with E-state index in [0.29, 0.717) is 25.1 Å². The molecule has 0 spiro atoms. The third-order valence-corrected chi connectivity index (χ3v) is 2.83. The van der Waals surface area contributed by atoms with Crippen molar-refractivity contribution in [1.29, 1.82) is 5.26 Å². The molecule has 2 N–H and O–H groups in total. The summed E-state index contributed by atoms with van der Waals surface area (Å²) in [6.45, 7) is 3.90. The van der Waals surface area contributed by atoms with E-state index in [1.165, 1.54) is 0 Å². The standard InChI is InChI=1S/C15H21N3O2/c1-3-7-18-15(19)6-8-17-11-13-9-12(10-16)4-5-14(13)20-2/h4-5,9,17H,3,6-8,11H2,1-2H3,(H,18,19). The van der Waals surface area contributed by atoms with Gasteiger partial charge >= 0.3 is 0 Å². The first-order valence-corrected chi connectivity index (χ1v) is 6.75. The third-order valence-electron chi connectivity index (χ3n) is 2.83. The number of nitrogens with one attached hydrogen (secondary N) is 2. The zero-order chi connectivity index (χ0) is 14.8. The van der Waals surface area contributed by atoms with Crippen LogP contribution in [0.4, 0.5) is 0 Å². The Balaban J connectivity index is 2.41. The minimum atomic E-state index is 0.0529. The van der Waals surface area contributed by atoms with E-state index in [1.807, 2.05) is 6.92 Å². The summed E-state index contributed by atoms with van der Waals surface area (Å²) in [7, 11) is 1.60. The summed E-state index contributed by atoms with van der Waals surface area (Å²) in [6.07, 6.45) is 1.39. The summed E-state index contributed by atoms with van der Waals surface area (Å²) in [6, 6.07) is 7.40. The molecule has 5 nitrogen and oxygen atoms in total. The molecule has 0 unspecified atom stereocenters. The Bertz CT molecular complexity index is 480. The molecule has 1 aromatic carbocycles. The van der Waals surface area contributed by atoms with Gasteiger partial charge in [0.15, 0.2) is 0 Å². The van der Waals surface area contributed by atoms with Crippen molar-refractivity contribution in [2.75, 3.05) is 20.2 Å². The highest BCUT2D eigenvalue weighted by molar-refractivity contribution is 5.75. The lowest BCUT2D eigenvalue weighted by atomic mass is 10.1. The first kappa shape index (κ1) is 16.0. The molecule has 108 valence electrons. The molecular formula is C15H21N3O2. The van der Waals surface area contributed by atoms with Crippen LogP contribution in [0, 0.1) is 11.3 Å². The Kier molecular flexibility index (Phi) is 7.15. The van der Waals surface area contributed by atoms with E-state index in [-0.39, 0.29) is 5.91 Å². The Morgan fingerprint density at radius 3 is 2.85 bits per heavy atom. The van der Waals surface area contributed by atoms with Gasteiger partial charge in [0.25, 0.3) is 0 Å². The number of nitrogens with zero attached hydrogens (tertiary/aromatic N) is 1. The molecule has 0 radical (unpaired) electrons. The molecule has 0 atom stereocenters. The van der Waals surface area contributed by atoms with Gasteiger partial charge in [-0.1, -0.05) is 6.92 Å². The van der Waals surface area contributed by atoms with E-state index in [1.54, 1.807) is 25.3 Å². The van der Waals surface area contributed by atoms with Gasteiger partial charge in [-0.25, -0.2) is 0 Å². The van der Waals surface area contributed by atoms with Crippen molar-refractivity contribution in [3.05, 3.63) is 29.3 Å². The maximum atomic E-state index is 11.4. The number of hydrogen-bond donors (Lipinski definition) is 2. The summed E-state index contributed by atoms with van der Waals surface area (Å²) in [5, 5.41) is 14.9. The van der Waals surface area contributed by atoms with Gasteiger partial charge in [-0.05, 0) is 24.6 Å². The number of methoxy groups -OCH3 is 1. The molecule has 1 amide bonds. The number of benzene rings is 1. The quantitative estimate of drug-likeness (QED) is 0.706. The smallest absolute Gasteiger partial charge is 0.221 e. The van der Waals surface area contributed by atoms with Crippen LogP contribution in [0.1, 0.15) is 30.9 Å². The molecule has 0 aliphatic carbocycles. The number of ether oxygens (including phenoxy) is 1. The predicted molar refractivity (Wildman–Crippen MR) is 77.3 cm³/mol. The number of nitriles is 1. The molecule has 0 saturated carbocycles. The highest BCUT2D eigenvalue weighted by Crippen LogP contribution is 2.19. The van der Waals surface area contributed by atoms with Crippen molar-refractivity contribution < 1.29 is 9.53 Å². The fraction of sp³-hybridized carbons (Fsp3) is 0.467. The van der Waals surface area contributed by atoms with Crippen molar-refractivity contribution in [2.45, 2.75) is 26.3 Å². The van der Waals surface area contributed by atoms with Crippen molar-refractivity contribution >= 4 is 5.91 Å². The summed E-state index contributed by atoms with van der Waals surface area (Å²) in [5.74, 6) is 0.795. The maximum Gasteiger partial charge on any atom is 0.221 e. The topological polar surface area (TPSA) is 74.2 Å². The average Bonchev–Trinajstić information content (AvgIpc) is 2.49. The van der Waals surface area contributed by atoms with Gasteiger partial charge in [-0.3, -0.25) is 4.79 Å². The monoisotopic (exact) mass is 275 g/mol. The van der Waals surface area contributed by atoms with Crippen molar-refractivity contribution in [3.8, 4) is 11.8 Å². The molecule has 0 aliphatic rings. The average molecular weight is 275 g/mol. The lowest BCUT2D eigenvalue weighted by Crippen LogP contribution is -2.28. The van der Waals surface area contributed by atoms with E-state index in [2.05, 4.69) is 16.7 Å². The van der Waals surface area contributed by atoms with Crippen molar-refractivity contribution in [2.24, 2.45) is 0 Å². The Labute approximate surface area is 119 Å². The van der Waals surface area contributed by atoms with Crippen LogP contribution < -0.4 is 15.4 Å². The lowest BCUT2D eigenvalue weighted by molar-refractivity contribution is -0.120. The van der Waals surface area contributed by atoms with Gasteiger partial charge in [0.1, 0.15) is 5.75 Å². The van der Waals surface area contributed by atoms with Gasteiger partial charge in [0.2, 0.25) is 5.91 Å². The SMILES string of the molecule is CCCNC(=O)CCNCc1cc(C#N)ccc1OC. The van der Waals surface area contributed by atoms with Crippen LogP contribution in [0.2, 0.25) is 0 Å². The van der Waals surface area contributed by atoms with E-state index in [4.69, 9.17) is 10.00 Å². The van der Waals surface area contributed by atoms with Crippen LogP contribution in [0.5, 0.6) is 5.75 Å². The number of amides is 1. The molecule has 0 aromatic heterocycles. The van der Waals surface area contributed by atoms with Crippen LogP contribution in [0.25, 0.3) is 0 Å². The summed E-state index contributed by atoms with van der Waals surface area (Å²) >= 11 is 0. The van der Waals surface area contributed by atoms with Crippen LogP contribution in [-0.2, 0) is 11.3 Å². The minimum absolute atomic E-state index is 0.0529. The predicted octanol–water partition coefficient (Wildman–Crippen LogP) is 1.57. The second-order valence-corrected chi connectivity index (χ2v) is 4.42. The number of carbonyl (C=O) groups is 1. The Morgan fingerprint density at radius 2 is 2.20 bits per heavy atom. The first-order chi connectivity index (χ1) is 9.71. The van der Waals surface area contributed by atoms with Gasteiger partial charge < -0.3 is 15.4 Å². The van der Waals surface area contributed by atoms with E-state index >= 15 is 0 Å².